The number of nitrogens with two attached hydrogens (primary N) is 2. The van der Waals surface area contributed by atoms with Gasteiger partial charge in [-0.1, -0.05) is 70.3 Å². The number of fused-ring (bicyclic) bond motifs is 1. The van der Waals surface area contributed by atoms with Gasteiger partial charge >= 0.3 is 0 Å². The van der Waals surface area contributed by atoms with Crippen LogP contribution in [0.2, 0.25) is 0 Å². The number of hydrogen-bond acceptors (Lipinski definition) is 3. The average molecular weight is 475 g/mol. The molecule has 0 bridgehead atoms. The van der Waals surface area contributed by atoms with E-state index in [4.69, 9.17) is 11.5 Å². The monoisotopic (exact) mass is 474 g/mol. The highest BCUT2D eigenvalue weighted by Crippen LogP contribution is 2.30. The lowest BCUT2D eigenvalue weighted by atomic mass is 10.0. The van der Waals surface area contributed by atoms with Crippen LogP contribution >= 0.6 is 0 Å². The zero-order chi connectivity index (χ0) is 24.5. The van der Waals surface area contributed by atoms with Crippen LogP contribution in [0.15, 0.2) is 29.8 Å². The standard InChI is InChI=1S/C28H52N5O/c1-2-3-4-5-6-7-8-9-10-11-12-13-14-15-20-28(34)21-19-26-32(24-18-25-33(26)28)23-17-16-22-31-27(29)30/h2,19,21,34H,1,3-18,20,22-25H2,(H4,29,30,31)/q+1. The van der Waals surface area contributed by atoms with Crippen LogP contribution in [0.5, 0.6) is 0 Å². The minimum atomic E-state index is -0.794. The van der Waals surface area contributed by atoms with E-state index in [-0.39, 0.29) is 5.96 Å². The van der Waals surface area contributed by atoms with Crippen molar-refractivity contribution >= 4 is 11.8 Å². The maximum absolute atomic E-state index is 11.3. The van der Waals surface area contributed by atoms with Crippen molar-refractivity contribution in [2.75, 3.05) is 26.2 Å². The lowest BCUT2D eigenvalue weighted by Gasteiger charge is -2.32. The molecule has 0 aliphatic carbocycles. The molecule has 1 unspecified atom stereocenters. The summed E-state index contributed by atoms with van der Waals surface area (Å²) in [6.45, 7) is 7.46. The van der Waals surface area contributed by atoms with Gasteiger partial charge in [0.1, 0.15) is 0 Å². The van der Waals surface area contributed by atoms with E-state index < -0.39 is 5.72 Å². The normalized spacial score (nSPS) is 19.5. The van der Waals surface area contributed by atoms with Crippen LogP contribution < -0.4 is 11.5 Å². The van der Waals surface area contributed by atoms with E-state index in [1.807, 2.05) is 12.2 Å². The first kappa shape index (κ1) is 28.4. The third-order valence-electron chi connectivity index (χ3n) is 7.21. The molecular formula is C28H52N5O+. The Hall–Kier alpha value is -1.82. The Balaban J connectivity index is 1.55. The molecule has 194 valence electrons. The molecule has 2 rings (SSSR count). The highest BCUT2D eigenvalue weighted by molar-refractivity contribution is 5.92. The Bertz CT molecular complexity index is 668. The molecule has 1 atom stereocenters. The van der Waals surface area contributed by atoms with Crippen LogP contribution in [0.25, 0.3) is 0 Å². The van der Waals surface area contributed by atoms with E-state index in [9.17, 15) is 5.11 Å². The molecule has 0 amide bonds. The summed E-state index contributed by atoms with van der Waals surface area (Å²) < 4.78 is 2.41. The van der Waals surface area contributed by atoms with Crippen molar-refractivity contribution in [3.05, 3.63) is 24.8 Å². The van der Waals surface area contributed by atoms with Crippen molar-refractivity contribution in [2.24, 2.45) is 16.5 Å². The van der Waals surface area contributed by atoms with Gasteiger partial charge in [-0.3, -0.25) is 9.57 Å². The van der Waals surface area contributed by atoms with Gasteiger partial charge < -0.3 is 16.6 Å². The van der Waals surface area contributed by atoms with Gasteiger partial charge in [-0.25, -0.2) is 4.90 Å². The van der Waals surface area contributed by atoms with Crippen molar-refractivity contribution in [2.45, 2.75) is 115 Å². The van der Waals surface area contributed by atoms with Crippen LogP contribution in [-0.4, -0.2) is 58.3 Å². The molecule has 0 saturated carbocycles. The summed E-state index contributed by atoms with van der Waals surface area (Å²) in [4.78, 5) is 6.29. The van der Waals surface area contributed by atoms with E-state index in [1.165, 1.54) is 82.9 Å². The summed E-state index contributed by atoms with van der Waals surface area (Å²) in [6, 6.07) is 0. The van der Waals surface area contributed by atoms with Crippen molar-refractivity contribution in [1.29, 1.82) is 0 Å². The summed E-state index contributed by atoms with van der Waals surface area (Å²) in [5.41, 5.74) is 10.00. The van der Waals surface area contributed by atoms with Gasteiger partial charge in [-0.05, 0) is 38.2 Å². The molecule has 0 saturated heterocycles. The van der Waals surface area contributed by atoms with Gasteiger partial charge in [0.2, 0.25) is 5.72 Å². The molecule has 6 nitrogen and oxygen atoms in total. The van der Waals surface area contributed by atoms with Crippen molar-refractivity contribution < 1.29 is 9.68 Å². The molecule has 34 heavy (non-hydrogen) atoms. The summed E-state index contributed by atoms with van der Waals surface area (Å²) in [6.07, 6.45) is 27.3. The first-order valence-corrected chi connectivity index (χ1v) is 14.0. The van der Waals surface area contributed by atoms with Gasteiger partial charge in [0.05, 0.1) is 19.6 Å². The van der Waals surface area contributed by atoms with Crippen LogP contribution in [0, 0.1) is 0 Å². The Morgan fingerprint density at radius 1 is 0.971 bits per heavy atom. The van der Waals surface area contributed by atoms with Crippen LogP contribution in [0.1, 0.15) is 109 Å². The van der Waals surface area contributed by atoms with E-state index in [1.54, 1.807) is 0 Å². The van der Waals surface area contributed by atoms with Gasteiger partial charge in [-0.15, -0.1) is 6.58 Å². The van der Waals surface area contributed by atoms with E-state index in [2.05, 4.69) is 27.1 Å². The third kappa shape index (κ3) is 10.6. The number of rotatable bonds is 20. The Morgan fingerprint density at radius 3 is 2.21 bits per heavy atom. The Morgan fingerprint density at radius 2 is 1.59 bits per heavy atom. The molecule has 0 aromatic heterocycles. The fourth-order valence-electron chi connectivity index (χ4n) is 5.21. The molecular weight excluding hydrogens is 422 g/mol. The molecule has 5 N–H and O–H groups in total. The number of amidine groups is 1. The van der Waals surface area contributed by atoms with Gasteiger partial charge in [0.25, 0.3) is 5.84 Å². The number of unbranched alkanes of at least 4 members (excludes halogenated alkanes) is 13. The second-order valence-corrected chi connectivity index (χ2v) is 10.1. The smallest absolute Gasteiger partial charge is 0.274 e. The maximum Gasteiger partial charge on any atom is 0.274 e. The summed E-state index contributed by atoms with van der Waals surface area (Å²) >= 11 is 0. The van der Waals surface area contributed by atoms with E-state index >= 15 is 0 Å². The van der Waals surface area contributed by atoms with Crippen LogP contribution in [0.3, 0.4) is 0 Å². The zero-order valence-electron chi connectivity index (χ0n) is 21.7. The molecule has 2 aliphatic rings. The zero-order valence-corrected chi connectivity index (χ0v) is 21.7. The minimum Gasteiger partial charge on any atom is -0.370 e. The predicted octanol–water partition coefficient (Wildman–Crippen LogP) is 5.06. The summed E-state index contributed by atoms with van der Waals surface area (Å²) in [5, 5.41) is 11.3. The second kappa shape index (κ2) is 16.7. The molecule has 0 aromatic rings. The predicted molar refractivity (Wildman–Crippen MR) is 145 cm³/mol. The topological polar surface area (TPSA) is 90.9 Å². The lowest BCUT2D eigenvalue weighted by molar-refractivity contribution is -0.539. The maximum atomic E-state index is 11.3. The first-order valence-electron chi connectivity index (χ1n) is 14.0. The second-order valence-electron chi connectivity index (χ2n) is 10.1. The summed E-state index contributed by atoms with van der Waals surface area (Å²) in [7, 11) is 0. The number of aliphatic imine (C=N–C) groups is 1. The molecule has 2 aliphatic heterocycles. The number of hydrogen-bond donors (Lipinski definition) is 3. The largest absolute Gasteiger partial charge is 0.370 e. The number of nitrogens with zero attached hydrogens (tertiary/aromatic N) is 3. The highest BCUT2D eigenvalue weighted by atomic mass is 16.3. The Kier molecular flexibility index (Phi) is 14.0. The number of aliphatic hydroxyl groups is 1. The fraction of sp³-hybridized carbons (Fsp3) is 0.786. The summed E-state index contributed by atoms with van der Waals surface area (Å²) in [5.74, 6) is 1.36. The molecule has 0 fully saturated rings. The number of allylic oxidation sites excluding steroid dienone is 1. The molecule has 0 radical (unpaired) electrons. The SMILES string of the molecule is C=CCCCCCCCCCCCCCCC1(O)C=CC2=[N+](CCCCN=C(N)N)CCCN21. The highest BCUT2D eigenvalue weighted by Gasteiger charge is 2.46. The molecule has 6 heteroatoms. The van der Waals surface area contributed by atoms with Crippen molar-refractivity contribution in [3.8, 4) is 0 Å². The number of guanidine groups is 1. The molecule has 0 aromatic carbocycles. The van der Waals surface area contributed by atoms with Gasteiger partial charge in [0, 0.05) is 25.5 Å². The van der Waals surface area contributed by atoms with Crippen LogP contribution in [0.4, 0.5) is 0 Å². The molecule has 0 spiro atoms. The third-order valence-corrected chi connectivity index (χ3v) is 7.21. The van der Waals surface area contributed by atoms with Gasteiger partial charge in [-0.2, -0.15) is 0 Å². The quantitative estimate of drug-likeness (QED) is 0.0756. The molecule has 2 heterocycles. The average Bonchev–Trinajstić information content (AvgIpc) is 3.16. The Labute approximate surface area is 208 Å². The first-order chi connectivity index (χ1) is 16.6. The minimum absolute atomic E-state index is 0.170. The fourth-order valence-corrected chi connectivity index (χ4v) is 5.21. The van der Waals surface area contributed by atoms with Crippen molar-refractivity contribution in [3.63, 3.8) is 0 Å². The van der Waals surface area contributed by atoms with E-state index in [0.29, 0.717) is 6.54 Å². The van der Waals surface area contributed by atoms with E-state index in [0.717, 1.165) is 51.7 Å². The lowest BCUT2D eigenvalue weighted by Crippen LogP contribution is -2.52. The van der Waals surface area contributed by atoms with Gasteiger partial charge in [0.15, 0.2) is 5.96 Å². The van der Waals surface area contributed by atoms with Crippen LogP contribution in [-0.2, 0) is 0 Å². The van der Waals surface area contributed by atoms with Crippen molar-refractivity contribution in [1.82, 2.24) is 4.90 Å².